The van der Waals surface area contributed by atoms with Crippen LogP contribution >= 0.6 is 11.3 Å². The Morgan fingerprint density at radius 1 is 0.596 bits per heavy atom. The van der Waals surface area contributed by atoms with E-state index >= 15 is 0 Å². The largest absolute Gasteiger partial charge is 0.497 e. The fraction of sp³-hybridized carbons (Fsp3) is 0.408. The number of hydrogen-bond donors (Lipinski definition) is 3. The van der Waals surface area contributed by atoms with Crippen molar-refractivity contribution in [2.75, 3.05) is 52.1 Å². The summed E-state index contributed by atoms with van der Waals surface area (Å²) in [5, 5.41) is 26.4. The van der Waals surface area contributed by atoms with E-state index in [-0.39, 0.29) is 119 Å². The van der Waals surface area contributed by atoms with Crippen LogP contribution in [0.1, 0.15) is 165 Å². The summed E-state index contributed by atoms with van der Waals surface area (Å²) in [4.78, 5) is 72.9. The number of rotatable bonds is 29. The average Bonchev–Trinajstić information content (AvgIpc) is 1.70. The molecule has 2 unspecified atom stereocenters. The van der Waals surface area contributed by atoms with Crippen LogP contribution in [0.2, 0.25) is 0 Å². The Morgan fingerprint density at radius 2 is 1.09 bits per heavy atom. The molecular weight excluding hydrogens is 1310 g/mol. The van der Waals surface area contributed by atoms with Gasteiger partial charge in [-0.1, -0.05) is 106 Å². The van der Waals surface area contributed by atoms with Crippen molar-refractivity contribution in [3.05, 3.63) is 218 Å². The van der Waals surface area contributed by atoms with Crippen LogP contribution < -0.4 is 10.5 Å². The molecule has 6 atom stereocenters. The quantitative estimate of drug-likeness (QED) is 0.0290. The number of nitrogens with two attached hydrogens (primary N) is 1. The number of methoxy groups -OCH3 is 1. The number of nitrogen functional groups attached to an aromatic ring is 1. The number of thiazole rings is 1. The Bertz CT molecular complexity index is 4280. The molecule has 5 aromatic carbocycles. The van der Waals surface area contributed by atoms with Gasteiger partial charge < -0.3 is 34.9 Å². The molecule has 23 heteroatoms. The number of Topliss-reactive ketones (excluding diaryl/α,β-unsaturated/α-hetero) is 2. The van der Waals surface area contributed by atoms with Crippen molar-refractivity contribution in [2.45, 2.75) is 141 Å². The van der Waals surface area contributed by atoms with Gasteiger partial charge in [0, 0.05) is 91.3 Å². The van der Waals surface area contributed by atoms with Gasteiger partial charge >= 0.3 is 0 Å². The summed E-state index contributed by atoms with van der Waals surface area (Å²) in [5.41, 5.74) is 12.5. The van der Waals surface area contributed by atoms with Gasteiger partial charge in [0.1, 0.15) is 28.8 Å². The molecule has 0 saturated carbocycles. The highest BCUT2D eigenvalue weighted by Crippen LogP contribution is 2.37. The van der Waals surface area contributed by atoms with E-state index < -0.39 is 44.1 Å². The monoisotopic (exact) mass is 1400 g/mol. The lowest BCUT2D eigenvalue weighted by molar-refractivity contribution is 0.0687. The van der Waals surface area contributed by atoms with E-state index in [1.54, 1.807) is 95.0 Å². The number of sulfonamides is 2. The van der Waals surface area contributed by atoms with E-state index in [9.17, 15) is 46.2 Å². The average molecular weight is 1410 g/mol. The molecule has 8 aromatic rings. The normalized spacial score (nSPS) is 16.2. The number of ether oxygens (including phenoxy) is 1. The van der Waals surface area contributed by atoms with Gasteiger partial charge in [-0.2, -0.15) is 8.61 Å². The summed E-state index contributed by atoms with van der Waals surface area (Å²) >= 11 is 1.54. The SMILES string of the molecule is COc1ccc(S(=O)(=O)N(CC(C)C)C[C@@H](O)[C@@H](CC(=O)c2cc(C)nc(C(=O)N3CCCC3c3nc(C)cs3)c2)Cc2ccccc2)cc1.Cc1ccc(S(=O)(=O)N(CC(C)C)C[C@@H](O)[C@@H](CC(=O)c2cc(N)cc(C(=O)N3CCCC3c3nc(C)co3)c2)Cc2ccccc2)cc1. The highest BCUT2D eigenvalue weighted by atomic mass is 32.2. The number of aliphatic hydroxyl groups excluding tert-OH is 2. The molecule has 5 heterocycles. The second kappa shape index (κ2) is 33.7. The van der Waals surface area contributed by atoms with Crippen molar-refractivity contribution in [3.63, 3.8) is 0 Å². The second-order valence-electron chi connectivity index (χ2n) is 26.9. The zero-order chi connectivity index (χ0) is 71.3. The number of hydrogen-bond acceptors (Lipinski definition) is 17. The number of likely N-dealkylation sites (tertiary alicyclic amines) is 2. The van der Waals surface area contributed by atoms with Crippen LogP contribution in [-0.4, -0.2) is 142 Å². The molecule has 20 nitrogen and oxygen atoms in total. The lowest BCUT2D eigenvalue weighted by atomic mass is 9.87. The van der Waals surface area contributed by atoms with E-state index in [0.29, 0.717) is 55.2 Å². The maximum absolute atomic E-state index is 14.0. The Balaban J connectivity index is 0.000000231. The van der Waals surface area contributed by atoms with E-state index in [2.05, 4.69) is 15.0 Å². The summed E-state index contributed by atoms with van der Waals surface area (Å²) in [6.07, 6.45) is 2.95. The van der Waals surface area contributed by atoms with Crippen LogP contribution in [0.5, 0.6) is 5.75 Å². The fourth-order valence-electron chi connectivity index (χ4n) is 12.8. The number of benzene rings is 5. The van der Waals surface area contributed by atoms with E-state index in [1.807, 2.05) is 115 Å². The lowest BCUT2D eigenvalue weighted by Gasteiger charge is -2.30. The van der Waals surface area contributed by atoms with Crippen molar-refractivity contribution >= 4 is 60.5 Å². The zero-order valence-corrected chi connectivity index (χ0v) is 60.3. The minimum atomic E-state index is -3.98. The van der Waals surface area contributed by atoms with Crippen LogP contribution in [0.4, 0.5) is 5.69 Å². The maximum atomic E-state index is 14.0. The van der Waals surface area contributed by atoms with Gasteiger partial charge in [0.25, 0.3) is 11.8 Å². The lowest BCUT2D eigenvalue weighted by Crippen LogP contribution is -2.43. The van der Waals surface area contributed by atoms with Crippen molar-refractivity contribution in [1.82, 2.24) is 33.4 Å². The molecule has 2 aliphatic rings. The molecule has 2 aliphatic heterocycles. The zero-order valence-electron chi connectivity index (χ0n) is 57.9. The molecule has 0 bridgehead atoms. The van der Waals surface area contributed by atoms with Gasteiger partial charge in [0.05, 0.1) is 40.8 Å². The summed E-state index contributed by atoms with van der Waals surface area (Å²) in [5.74, 6) is -1.33. The van der Waals surface area contributed by atoms with Crippen molar-refractivity contribution in [1.29, 1.82) is 0 Å². The number of ketones is 2. The minimum Gasteiger partial charge on any atom is -0.497 e. The summed E-state index contributed by atoms with van der Waals surface area (Å²) in [7, 11) is -6.39. The summed E-state index contributed by atoms with van der Waals surface area (Å²) < 4.78 is 68.7. The van der Waals surface area contributed by atoms with Gasteiger partial charge in [-0.05, 0) is 168 Å². The number of amides is 2. The van der Waals surface area contributed by atoms with Gasteiger partial charge in [-0.3, -0.25) is 19.2 Å². The van der Waals surface area contributed by atoms with Crippen molar-refractivity contribution < 1.29 is 55.4 Å². The maximum Gasteiger partial charge on any atom is 0.273 e. The van der Waals surface area contributed by atoms with Crippen LogP contribution in [0.15, 0.2) is 165 Å². The molecule has 0 radical (unpaired) electrons. The number of aliphatic hydroxyl groups is 2. The highest BCUT2D eigenvalue weighted by Gasteiger charge is 2.38. The van der Waals surface area contributed by atoms with E-state index in [4.69, 9.17) is 14.9 Å². The fourth-order valence-corrected chi connectivity index (χ4v) is 17.0. The first-order chi connectivity index (χ1) is 47.2. The van der Waals surface area contributed by atoms with Crippen molar-refractivity contribution in [2.24, 2.45) is 23.7 Å². The Labute approximate surface area is 586 Å². The Kier molecular flexibility index (Phi) is 25.5. The van der Waals surface area contributed by atoms with Crippen molar-refractivity contribution in [3.8, 4) is 5.75 Å². The number of aromatic nitrogens is 3. The first-order valence-corrected chi connectivity index (χ1v) is 37.5. The molecule has 99 heavy (non-hydrogen) atoms. The number of oxazole rings is 1. The molecule has 10 rings (SSSR count). The highest BCUT2D eigenvalue weighted by molar-refractivity contribution is 7.89. The molecule has 0 aliphatic carbocycles. The van der Waals surface area contributed by atoms with Gasteiger partial charge in [-0.15, -0.1) is 11.3 Å². The third-order valence-corrected chi connectivity index (χ3v) is 22.6. The number of carbonyl (C=O) groups is 4. The van der Waals surface area contributed by atoms with Crippen LogP contribution in [0.25, 0.3) is 0 Å². The predicted molar refractivity (Wildman–Crippen MR) is 382 cm³/mol. The predicted octanol–water partition coefficient (Wildman–Crippen LogP) is 12.3. The first-order valence-electron chi connectivity index (χ1n) is 33.7. The molecule has 2 fully saturated rings. The van der Waals surface area contributed by atoms with Gasteiger partial charge in [0.15, 0.2) is 11.6 Å². The van der Waals surface area contributed by atoms with Crippen LogP contribution in [0, 0.1) is 51.4 Å². The summed E-state index contributed by atoms with van der Waals surface area (Å²) in [6, 6.07) is 39.2. The topological polar surface area (TPSA) is 277 Å². The molecule has 2 amide bonds. The second-order valence-corrected chi connectivity index (χ2v) is 31.7. The standard InChI is InChI=1S/C38H46N4O6S2.C38H46N4O6S/c1-25(2)22-41(50(46,47)32-15-13-31(48-5)14-16-32)23-36(44)30(19-28-10-7-6-8-11-28)21-35(43)29-18-26(3)39-33(20-29)38(45)42-17-9-12-34(42)37-40-27(4)24-49-37;1-25(2)22-41(49(46,47)33-14-12-26(3)13-15-33)23-36(44)29(17-28-9-6-5-7-10-28)21-35(43)30-18-31(20-32(39)19-30)38(45)42-16-8-11-34(42)37-40-27(4)24-48-37/h6-8,10-11,13-16,18,20,24-25,30,34,36,44H,9,12,17,19,21-23H2,1-5H3;5-7,9-10,12-15,18-20,24-25,29,34,36,44H,8,11,16-17,21-23,39H2,1-4H3/t30-,34?,36-;29-,34?,36-/m11/s1. The minimum absolute atomic E-state index is 0.00678. The Morgan fingerprint density at radius 3 is 1.58 bits per heavy atom. The van der Waals surface area contributed by atoms with E-state index in [0.717, 1.165) is 52.3 Å². The van der Waals surface area contributed by atoms with Crippen LogP contribution in [0.3, 0.4) is 0 Å². The van der Waals surface area contributed by atoms with E-state index in [1.165, 1.54) is 33.9 Å². The summed E-state index contributed by atoms with van der Waals surface area (Å²) in [6.45, 7) is 16.2. The molecule has 526 valence electrons. The molecule has 3 aromatic heterocycles. The number of aryl methyl sites for hydroxylation is 4. The third-order valence-electron chi connectivity index (χ3n) is 17.8. The number of carbonyl (C=O) groups excluding carboxylic acids is 4. The Hall–Kier alpha value is -8.29. The number of nitrogens with zero attached hydrogens (tertiary/aromatic N) is 7. The smallest absolute Gasteiger partial charge is 0.273 e. The first kappa shape index (κ1) is 74.9. The number of anilines is 1. The van der Waals surface area contributed by atoms with Crippen LogP contribution in [-0.2, 0) is 32.9 Å². The molecule has 2 saturated heterocycles. The number of pyridine rings is 1. The van der Waals surface area contributed by atoms with Gasteiger partial charge in [0.2, 0.25) is 25.9 Å². The molecule has 4 N–H and O–H groups in total. The molecular formula is C76H92N8O12S3. The van der Waals surface area contributed by atoms with Gasteiger partial charge in [-0.25, -0.2) is 31.8 Å². The third kappa shape index (κ3) is 19.6. The molecule has 0 spiro atoms.